The predicted octanol–water partition coefficient (Wildman–Crippen LogP) is 2.58. The zero-order chi connectivity index (χ0) is 11.2. The van der Waals surface area contributed by atoms with E-state index >= 15 is 0 Å². The van der Waals surface area contributed by atoms with E-state index in [9.17, 15) is 0 Å². The Kier molecular flexibility index (Phi) is 2.63. The highest BCUT2D eigenvalue weighted by Gasteiger charge is 2.48. The molecule has 0 unspecified atom stereocenters. The highest BCUT2D eigenvalue weighted by molar-refractivity contribution is 5.01. The molecule has 0 aromatic heterocycles. The van der Waals surface area contributed by atoms with Crippen LogP contribution in [0, 0.1) is 10.8 Å². The maximum atomic E-state index is 6.12. The Morgan fingerprint density at radius 1 is 0.933 bits per heavy atom. The smallest absolute Gasteiger partial charge is 0.0817 e. The van der Waals surface area contributed by atoms with Gasteiger partial charge in [0, 0.05) is 13.1 Å². The van der Waals surface area contributed by atoms with Crippen molar-refractivity contribution in [3.05, 3.63) is 0 Å². The van der Waals surface area contributed by atoms with E-state index in [1.54, 1.807) is 0 Å². The van der Waals surface area contributed by atoms with Gasteiger partial charge in [0.2, 0.25) is 0 Å². The van der Waals surface area contributed by atoms with E-state index in [-0.39, 0.29) is 5.60 Å². The lowest BCUT2D eigenvalue weighted by molar-refractivity contribution is -0.142. The van der Waals surface area contributed by atoms with Crippen molar-refractivity contribution in [2.75, 3.05) is 19.7 Å². The molecule has 0 amide bonds. The summed E-state index contributed by atoms with van der Waals surface area (Å²) < 4.78 is 6.12. The van der Waals surface area contributed by atoms with Gasteiger partial charge in [-0.3, -0.25) is 0 Å². The number of hydrogen-bond acceptors (Lipinski definition) is 2. The average Bonchev–Trinajstić information content (AvgIpc) is 1.97. The molecule has 0 aromatic rings. The summed E-state index contributed by atoms with van der Waals surface area (Å²) >= 11 is 0. The first-order valence-electron chi connectivity index (χ1n) is 6.17. The molecule has 0 radical (unpaired) electrons. The maximum Gasteiger partial charge on any atom is 0.0817 e. The Balaban J connectivity index is 2.18. The van der Waals surface area contributed by atoms with Crippen molar-refractivity contribution < 1.29 is 4.74 Å². The second-order valence-corrected chi connectivity index (χ2v) is 7.07. The van der Waals surface area contributed by atoms with E-state index in [2.05, 4.69) is 33.0 Å². The summed E-state index contributed by atoms with van der Waals surface area (Å²) in [6, 6.07) is 0. The normalized spacial score (nSPS) is 32.8. The van der Waals surface area contributed by atoms with Crippen LogP contribution in [0.3, 0.4) is 0 Å². The Morgan fingerprint density at radius 2 is 1.53 bits per heavy atom. The van der Waals surface area contributed by atoms with Crippen LogP contribution in [-0.2, 0) is 4.74 Å². The van der Waals surface area contributed by atoms with Gasteiger partial charge in [-0.2, -0.15) is 0 Å². The van der Waals surface area contributed by atoms with Crippen LogP contribution in [0.1, 0.15) is 47.0 Å². The molecule has 1 heterocycles. The van der Waals surface area contributed by atoms with Gasteiger partial charge in [0.05, 0.1) is 12.2 Å². The minimum Gasteiger partial charge on any atom is -0.372 e. The standard InChI is InChI=1S/C13H25NO/c1-11(2)7-12(3,4)9-13(8-11)10-14-5-6-15-13/h14H,5-10H2,1-4H3. The summed E-state index contributed by atoms with van der Waals surface area (Å²) in [5.74, 6) is 0. The fraction of sp³-hybridized carbons (Fsp3) is 1.00. The molecule has 0 bridgehead atoms. The zero-order valence-corrected chi connectivity index (χ0v) is 10.7. The van der Waals surface area contributed by atoms with Crippen LogP contribution in [0.5, 0.6) is 0 Å². The van der Waals surface area contributed by atoms with Gasteiger partial charge in [-0.25, -0.2) is 0 Å². The molecule has 1 N–H and O–H groups in total. The third-order valence-electron chi connectivity index (χ3n) is 3.69. The van der Waals surface area contributed by atoms with Crippen molar-refractivity contribution in [3.8, 4) is 0 Å². The van der Waals surface area contributed by atoms with Gasteiger partial charge in [-0.15, -0.1) is 0 Å². The van der Waals surface area contributed by atoms with E-state index in [0.29, 0.717) is 10.8 Å². The minimum absolute atomic E-state index is 0.115. The van der Waals surface area contributed by atoms with Crippen LogP contribution in [0.2, 0.25) is 0 Å². The van der Waals surface area contributed by atoms with Gasteiger partial charge in [0.1, 0.15) is 0 Å². The third-order valence-corrected chi connectivity index (χ3v) is 3.69. The summed E-state index contributed by atoms with van der Waals surface area (Å²) in [6.45, 7) is 12.5. The molecule has 0 atom stereocenters. The second-order valence-electron chi connectivity index (χ2n) is 7.07. The molecule has 15 heavy (non-hydrogen) atoms. The molecule has 1 spiro atoms. The first-order chi connectivity index (χ1) is 6.83. The van der Waals surface area contributed by atoms with Crippen LogP contribution in [0.15, 0.2) is 0 Å². The van der Waals surface area contributed by atoms with Gasteiger partial charge in [-0.05, 0) is 30.1 Å². The fourth-order valence-electron chi connectivity index (χ4n) is 4.16. The average molecular weight is 211 g/mol. The SMILES string of the molecule is CC1(C)CC(C)(C)CC2(CNCCO2)C1. The Labute approximate surface area is 93.8 Å². The molecular weight excluding hydrogens is 186 g/mol. The second kappa shape index (κ2) is 3.46. The molecule has 1 saturated heterocycles. The number of nitrogens with one attached hydrogen (secondary N) is 1. The molecule has 0 aromatic carbocycles. The molecule has 2 rings (SSSR count). The lowest BCUT2D eigenvalue weighted by Crippen LogP contribution is -2.56. The topological polar surface area (TPSA) is 21.3 Å². The van der Waals surface area contributed by atoms with Crippen molar-refractivity contribution in [2.45, 2.75) is 52.6 Å². The van der Waals surface area contributed by atoms with Gasteiger partial charge >= 0.3 is 0 Å². The molecule has 88 valence electrons. The van der Waals surface area contributed by atoms with E-state index in [4.69, 9.17) is 4.74 Å². The number of ether oxygens (including phenoxy) is 1. The van der Waals surface area contributed by atoms with Crippen LogP contribution < -0.4 is 5.32 Å². The van der Waals surface area contributed by atoms with Crippen LogP contribution >= 0.6 is 0 Å². The van der Waals surface area contributed by atoms with Crippen LogP contribution in [-0.4, -0.2) is 25.3 Å². The van der Waals surface area contributed by atoms with Crippen molar-refractivity contribution in [1.29, 1.82) is 0 Å². The highest BCUT2D eigenvalue weighted by Crippen LogP contribution is 2.51. The highest BCUT2D eigenvalue weighted by atomic mass is 16.5. The molecule has 2 fully saturated rings. The van der Waals surface area contributed by atoms with Crippen molar-refractivity contribution in [1.82, 2.24) is 5.32 Å². The van der Waals surface area contributed by atoms with Crippen molar-refractivity contribution in [3.63, 3.8) is 0 Å². The molecule has 1 saturated carbocycles. The number of hydrogen-bond donors (Lipinski definition) is 1. The summed E-state index contributed by atoms with van der Waals surface area (Å²) in [6.07, 6.45) is 3.72. The van der Waals surface area contributed by atoms with E-state index < -0.39 is 0 Å². The van der Waals surface area contributed by atoms with Gasteiger partial charge in [-0.1, -0.05) is 27.7 Å². The first-order valence-corrected chi connectivity index (χ1v) is 6.17. The van der Waals surface area contributed by atoms with Crippen molar-refractivity contribution >= 4 is 0 Å². The van der Waals surface area contributed by atoms with E-state index in [1.807, 2.05) is 0 Å². The fourth-order valence-corrected chi connectivity index (χ4v) is 4.16. The molecule has 1 aliphatic heterocycles. The molecular formula is C13H25NO. The monoisotopic (exact) mass is 211 g/mol. The van der Waals surface area contributed by atoms with Crippen LogP contribution in [0.4, 0.5) is 0 Å². The van der Waals surface area contributed by atoms with E-state index in [1.165, 1.54) is 19.3 Å². The van der Waals surface area contributed by atoms with Gasteiger partial charge in [0.15, 0.2) is 0 Å². The predicted molar refractivity (Wildman–Crippen MR) is 63.0 cm³/mol. The Bertz CT molecular complexity index is 221. The molecule has 2 aliphatic rings. The number of rotatable bonds is 0. The minimum atomic E-state index is 0.115. The van der Waals surface area contributed by atoms with Crippen molar-refractivity contribution in [2.24, 2.45) is 10.8 Å². The molecule has 2 heteroatoms. The summed E-state index contributed by atoms with van der Waals surface area (Å²) in [5, 5.41) is 3.50. The quantitative estimate of drug-likeness (QED) is 0.665. The van der Waals surface area contributed by atoms with E-state index in [0.717, 1.165) is 19.7 Å². The largest absolute Gasteiger partial charge is 0.372 e. The van der Waals surface area contributed by atoms with Gasteiger partial charge < -0.3 is 10.1 Å². The molecule has 2 nitrogen and oxygen atoms in total. The third kappa shape index (κ3) is 2.54. The first kappa shape index (κ1) is 11.4. The summed E-state index contributed by atoms with van der Waals surface area (Å²) in [4.78, 5) is 0. The lowest BCUT2D eigenvalue weighted by Gasteiger charge is -2.53. The Morgan fingerprint density at radius 3 is 2.00 bits per heavy atom. The maximum absolute atomic E-state index is 6.12. The summed E-state index contributed by atoms with van der Waals surface area (Å²) in [7, 11) is 0. The molecule has 1 aliphatic carbocycles. The lowest BCUT2D eigenvalue weighted by atomic mass is 9.59. The van der Waals surface area contributed by atoms with Crippen LogP contribution in [0.25, 0.3) is 0 Å². The summed E-state index contributed by atoms with van der Waals surface area (Å²) in [5.41, 5.74) is 0.949. The van der Waals surface area contributed by atoms with Gasteiger partial charge in [0.25, 0.3) is 0 Å². The number of morpholine rings is 1. The zero-order valence-electron chi connectivity index (χ0n) is 10.7. The Hall–Kier alpha value is -0.0800.